The first-order valence-corrected chi connectivity index (χ1v) is 26.8. The van der Waals surface area contributed by atoms with Crippen molar-refractivity contribution in [3.8, 4) is 11.5 Å². The van der Waals surface area contributed by atoms with Crippen LogP contribution >= 0.6 is 0 Å². The van der Waals surface area contributed by atoms with Gasteiger partial charge in [0.1, 0.15) is 24.7 Å². The van der Waals surface area contributed by atoms with E-state index in [1.807, 2.05) is 12.1 Å². The third kappa shape index (κ3) is 11.5. The van der Waals surface area contributed by atoms with Gasteiger partial charge in [0.2, 0.25) is 0 Å². The molecule has 2 aromatic heterocycles. The Labute approximate surface area is 449 Å². The molecule has 0 aliphatic carbocycles. The van der Waals surface area contributed by atoms with Crippen LogP contribution in [0.4, 0.5) is 5.69 Å². The van der Waals surface area contributed by atoms with Gasteiger partial charge in [-0.3, -0.25) is 10.1 Å². The lowest BCUT2D eigenvalue weighted by molar-refractivity contribution is -0.384. The van der Waals surface area contributed by atoms with Crippen LogP contribution in [-0.4, -0.2) is 78.4 Å². The fourth-order valence-electron chi connectivity index (χ4n) is 10.7. The average molecular weight is 1010 g/mol. The predicted octanol–water partition coefficient (Wildman–Crippen LogP) is 15.3. The Balaban J connectivity index is 1.24. The molecule has 2 heterocycles. The van der Waals surface area contributed by atoms with Gasteiger partial charge in [-0.15, -0.1) is 0 Å². The van der Waals surface area contributed by atoms with E-state index in [0.717, 1.165) is 122 Å². The number of hydrogen-bond acceptors (Lipinski definition) is 6. The van der Waals surface area contributed by atoms with E-state index in [2.05, 4.69) is 233 Å². The van der Waals surface area contributed by atoms with Gasteiger partial charge in [0, 0.05) is 78.4 Å². The molecule has 0 fully saturated rings. The number of rotatable bonds is 22. The van der Waals surface area contributed by atoms with Gasteiger partial charge in [-0.1, -0.05) is 123 Å². The molecule has 0 amide bonds. The Kier molecular flexibility index (Phi) is 16.8. The van der Waals surface area contributed by atoms with Crippen molar-refractivity contribution in [3.63, 3.8) is 0 Å². The van der Waals surface area contributed by atoms with Gasteiger partial charge in [0.25, 0.3) is 5.69 Å². The van der Waals surface area contributed by atoms with Crippen molar-refractivity contribution in [2.24, 2.45) is 0 Å². The first-order valence-electron chi connectivity index (χ1n) is 26.8. The van der Waals surface area contributed by atoms with Crippen LogP contribution in [0.2, 0.25) is 0 Å². The molecule has 0 radical (unpaired) electrons. The lowest BCUT2D eigenvalue weighted by Crippen LogP contribution is -2.19. The Morgan fingerprint density at radius 2 is 0.882 bits per heavy atom. The number of non-ortho nitro benzene ring substituents is 1. The van der Waals surface area contributed by atoms with Crippen LogP contribution < -0.4 is 9.47 Å². The molecular formula is C67H71N5O4. The molecule has 0 aliphatic rings. The van der Waals surface area contributed by atoms with E-state index in [1.54, 1.807) is 12.1 Å². The second-order valence-electron chi connectivity index (χ2n) is 20.0. The molecule has 9 heteroatoms. The van der Waals surface area contributed by atoms with Crippen LogP contribution in [0.15, 0.2) is 182 Å². The molecule has 0 N–H and O–H groups in total. The Hall–Kier alpha value is -7.98. The minimum Gasteiger partial charge on any atom is -0.492 e. The maximum atomic E-state index is 12.2. The quantitative estimate of drug-likeness (QED) is 0.0382. The summed E-state index contributed by atoms with van der Waals surface area (Å²) in [7, 11) is 8.21. The number of benzene rings is 7. The molecular weight excluding hydrogens is 939 g/mol. The van der Waals surface area contributed by atoms with E-state index >= 15 is 0 Å². The highest BCUT2D eigenvalue weighted by molar-refractivity contribution is 6.02. The van der Waals surface area contributed by atoms with Crippen LogP contribution in [0.5, 0.6) is 11.5 Å². The maximum absolute atomic E-state index is 12.2. The Morgan fingerprint density at radius 3 is 1.24 bits per heavy atom. The monoisotopic (exact) mass is 1010 g/mol. The molecule has 9 aromatic rings. The highest BCUT2D eigenvalue weighted by Gasteiger charge is 2.28. The van der Waals surface area contributed by atoms with Crippen LogP contribution in [0.1, 0.15) is 96.5 Å². The average Bonchev–Trinajstić information content (AvgIpc) is 4.02. The summed E-state index contributed by atoms with van der Waals surface area (Å²) in [6.07, 6.45) is 6.24. The Morgan fingerprint density at radius 1 is 0.500 bits per heavy atom. The largest absolute Gasteiger partial charge is 0.492 e. The first kappa shape index (κ1) is 52.9. The smallest absolute Gasteiger partial charge is 0.269 e. The minimum atomic E-state index is -0.313. The minimum absolute atomic E-state index is 0.0673. The van der Waals surface area contributed by atoms with Crippen LogP contribution in [-0.2, 0) is 13.1 Å². The Bertz CT molecular complexity index is 3270. The van der Waals surface area contributed by atoms with Gasteiger partial charge >= 0.3 is 0 Å². The third-order valence-electron chi connectivity index (χ3n) is 14.6. The molecule has 0 bridgehead atoms. The van der Waals surface area contributed by atoms with Crippen LogP contribution in [0, 0.1) is 10.1 Å². The molecule has 76 heavy (non-hydrogen) atoms. The van der Waals surface area contributed by atoms with Crippen molar-refractivity contribution in [3.05, 3.63) is 242 Å². The molecule has 0 spiro atoms. The highest BCUT2D eigenvalue weighted by Crippen LogP contribution is 2.45. The number of nitro groups is 1. The molecule has 0 saturated carbocycles. The molecule has 9 rings (SSSR count). The van der Waals surface area contributed by atoms with Crippen molar-refractivity contribution >= 4 is 49.8 Å². The molecule has 0 aliphatic heterocycles. The summed E-state index contributed by atoms with van der Waals surface area (Å²) in [5.74, 6) is 1.42. The number of allylic oxidation sites excluding steroid dienone is 2. The standard InChI is InChI=1S/C67H71N5O4/c1-9-57(65(47-19-15-13-16-20-47)49-25-33-55(34-26-49)75-41-39-68(5)6)52-29-37-63-59(43-52)61(45-70(63)11-3)67(51-23-31-54(32-24-51)72(73)74)62-46-71(12-4)64-38-30-53(44-60(62)64)58(10-2)66(48-21-17-14-18-22-48)50-27-35-56(36-28-50)76-42-40-69(7)8/h13-38,43-46,67H,9-12,39-42H2,1-8H3/b65-57+,66-58+. The SMILES string of the molecule is CC/C(=C(/c1ccccc1)c1ccc(OCCN(C)C)cc1)c1ccc2c(c1)c(C(c1ccc([N+](=O)[O-])cc1)c1cn(CC)c3ccc(/C(CC)=C(\c4ccccc4)c4ccc(OCCN(C)C)cc4)cc13)cn2CC. The van der Waals surface area contributed by atoms with Gasteiger partial charge in [-0.25, -0.2) is 0 Å². The summed E-state index contributed by atoms with van der Waals surface area (Å²) >= 11 is 0. The second kappa shape index (κ2) is 24.1. The van der Waals surface area contributed by atoms with Gasteiger partial charge in [0.15, 0.2) is 0 Å². The zero-order valence-corrected chi connectivity index (χ0v) is 45.4. The van der Waals surface area contributed by atoms with Crippen molar-refractivity contribution in [1.29, 1.82) is 0 Å². The summed E-state index contributed by atoms with van der Waals surface area (Å²) in [5.41, 5.74) is 17.3. The van der Waals surface area contributed by atoms with E-state index in [4.69, 9.17) is 9.47 Å². The summed E-state index contributed by atoms with van der Waals surface area (Å²) in [4.78, 5) is 16.1. The van der Waals surface area contributed by atoms with Crippen molar-refractivity contribution in [2.45, 2.75) is 59.5 Å². The van der Waals surface area contributed by atoms with E-state index in [9.17, 15) is 10.1 Å². The van der Waals surface area contributed by atoms with Crippen LogP contribution in [0.3, 0.4) is 0 Å². The van der Waals surface area contributed by atoms with Crippen LogP contribution in [0.25, 0.3) is 44.1 Å². The van der Waals surface area contributed by atoms with Crippen molar-refractivity contribution in [2.75, 3.05) is 54.5 Å². The van der Waals surface area contributed by atoms with E-state index in [0.29, 0.717) is 13.2 Å². The van der Waals surface area contributed by atoms with Gasteiger partial charge in [-0.05, 0) is 176 Å². The number of likely N-dealkylation sites (N-methyl/N-ethyl adjacent to an activating group) is 2. The topological polar surface area (TPSA) is 77.9 Å². The van der Waals surface area contributed by atoms with Crippen molar-refractivity contribution < 1.29 is 14.4 Å². The normalized spacial score (nSPS) is 12.8. The zero-order chi connectivity index (χ0) is 53.3. The summed E-state index contributed by atoms with van der Waals surface area (Å²) in [6, 6.07) is 59.6. The lowest BCUT2D eigenvalue weighted by Gasteiger charge is -2.20. The van der Waals surface area contributed by atoms with E-state index < -0.39 is 0 Å². The van der Waals surface area contributed by atoms with Gasteiger partial charge in [-0.2, -0.15) is 0 Å². The van der Waals surface area contributed by atoms with E-state index in [1.165, 1.54) is 22.3 Å². The molecule has 0 atom stereocenters. The number of nitrogens with zero attached hydrogens (tertiary/aromatic N) is 5. The number of ether oxygens (including phenoxy) is 2. The van der Waals surface area contributed by atoms with Gasteiger partial charge < -0.3 is 28.4 Å². The second-order valence-corrected chi connectivity index (χ2v) is 20.0. The summed E-state index contributed by atoms with van der Waals surface area (Å²) in [6.45, 7) is 13.3. The zero-order valence-electron chi connectivity index (χ0n) is 45.4. The number of nitro benzene ring substituents is 1. The number of aryl methyl sites for hydroxylation is 2. The number of hydrogen-bond donors (Lipinski definition) is 0. The fourth-order valence-corrected chi connectivity index (χ4v) is 10.7. The predicted molar refractivity (Wildman–Crippen MR) is 316 cm³/mol. The molecule has 0 saturated heterocycles. The van der Waals surface area contributed by atoms with Gasteiger partial charge in [0.05, 0.1) is 4.92 Å². The third-order valence-corrected chi connectivity index (χ3v) is 14.6. The first-order chi connectivity index (χ1) is 37.0. The molecule has 0 unspecified atom stereocenters. The summed E-state index contributed by atoms with van der Waals surface area (Å²) in [5, 5.41) is 14.5. The number of fused-ring (bicyclic) bond motifs is 2. The highest BCUT2D eigenvalue weighted by atomic mass is 16.6. The van der Waals surface area contributed by atoms with E-state index in [-0.39, 0.29) is 16.5 Å². The molecule has 9 nitrogen and oxygen atoms in total. The summed E-state index contributed by atoms with van der Waals surface area (Å²) < 4.78 is 17.0. The maximum Gasteiger partial charge on any atom is 0.269 e. The molecule has 388 valence electrons. The lowest BCUT2D eigenvalue weighted by atomic mass is 9.83. The number of aromatic nitrogens is 2. The van der Waals surface area contributed by atoms with Crippen molar-refractivity contribution in [1.82, 2.24) is 18.9 Å². The fraction of sp³-hybridized carbons (Fsp3) is 0.254. The molecule has 7 aromatic carbocycles.